The van der Waals surface area contributed by atoms with Crippen molar-refractivity contribution in [3.63, 3.8) is 0 Å². The Bertz CT molecular complexity index is 1010. The third kappa shape index (κ3) is 4.08. The molecule has 0 fully saturated rings. The fraction of sp³-hybridized carbons (Fsp3) is 0.182. The Kier molecular flexibility index (Phi) is 5.87. The number of aryl methyl sites for hydroxylation is 1. The summed E-state index contributed by atoms with van der Waals surface area (Å²) in [4.78, 5) is 50.2. The number of fused-ring (bicyclic) bond motifs is 1. The van der Waals surface area contributed by atoms with Gasteiger partial charge in [0.2, 0.25) is 5.91 Å². The Hall–Kier alpha value is -3.74. The average Bonchev–Trinajstić information content (AvgIpc) is 2.97. The zero-order chi connectivity index (χ0) is 21.0. The molecule has 2 N–H and O–H groups in total. The average molecular weight is 391 g/mol. The largest absolute Gasteiger partial charge is 0.343 e. The monoisotopic (exact) mass is 391 g/mol. The van der Waals surface area contributed by atoms with E-state index in [0.29, 0.717) is 5.69 Å². The van der Waals surface area contributed by atoms with E-state index in [-0.39, 0.29) is 35.7 Å². The van der Waals surface area contributed by atoms with Crippen LogP contribution in [0.5, 0.6) is 0 Å². The predicted octanol–water partition coefficient (Wildman–Crippen LogP) is 2.40. The van der Waals surface area contributed by atoms with Gasteiger partial charge in [-0.05, 0) is 36.2 Å². The maximum Gasteiger partial charge on any atom is 0.261 e. The smallest absolute Gasteiger partial charge is 0.261 e. The van der Waals surface area contributed by atoms with Crippen LogP contribution in [0.1, 0.15) is 43.6 Å². The van der Waals surface area contributed by atoms with Gasteiger partial charge in [0, 0.05) is 17.8 Å². The van der Waals surface area contributed by atoms with Crippen molar-refractivity contribution < 1.29 is 19.2 Å². The molecule has 0 radical (unpaired) electrons. The van der Waals surface area contributed by atoms with Gasteiger partial charge in [0.05, 0.1) is 17.7 Å². The molecule has 1 aliphatic rings. The highest BCUT2D eigenvalue weighted by Crippen LogP contribution is 2.24. The molecule has 3 rings (SSSR count). The number of amides is 4. The molecule has 0 aromatic heterocycles. The normalized spacial score (nSPS) is 12.5. The van der Waals surface area contributed by atoms with Crippen molar-refractivity contribution in [2.24, 2.45) is 0 Å². The van der Waals surface area contributed by atoms with Crippen molar-refractivity contribution in [3.05, 3.63) is 77.4 Å². The zero-order valence-electron chi connectivity index (χ0n) is 16.0. The molecule has 1 heterocycles. The van der Waals surface area contributed by atoms with Gasteiger partial charge >= 0.3 is 0 Å². The van der Waals surface area contributed by atoms with Gasteiger partial charge in [-0.25, -0.2) is 0 Å². The molecular formula is C22H21N3O4. The summed E-state index contributed by atoms with van der Waals surface area (Å²) >= 11 is 0. The SMILES string of the molecule is C=CCN1C(=O)c2ccc(C(=O)NCC(=O)Nc3ccccc3CC)cc2C1=O. The van der Waals surface area contributed by atoms with Crippen LogP contribution < -0.4 is 10.6 Å². The fourth-order valence-corrected chi connectivity index (χ4v) is 3.13. The molecule has 148 valence electrons. The van der Waals surface area contributed by atoms with Crippen LogP contribution in [0.25, 0.3) is 0 Å². The zero-order valence-corrected chi connectivity index (χ0v) is 16.0. The van der Waals surface area contributed by atoms with Crippen molar-refractivity contribution >= 4 is 29.3 Å². The first-order valence-corrected chi connectivity index (χ1v) is 9.23. The third-order valence-electron chi connectivity index (χ3n) is 4.63. The van der Waals surface area contributed by atoms with Crippen molar-refractivity contribution in [2.75, 3.05) is 18.4 Å². The minimum absolute atomic E-state index is 0.104. The van der Waals surface area contributed by atoms with E-state index in [0.717, 1.165) is 16.9 Å². The third-order valence-corrected chi connectivity index (χ3v) is 4.63. The van der Waals surface area contributed by atoms with Gasteiger partial charge in [0.1, 0.15) is 0 Å². The number of hydrogen-bond acceptors (Lipinski definition) is 4. The number of rotatable bonds is 7. The summed E-state index contributed by atoms with van der Waals surface area (Å²) < 4.78 is 0. The molecule has 0 saturated heterocycles. The molecule has 0 atom stereocenters. The van der Waals surface area contributed by atoms with Crippen LogP contribution in [0, 0.1) is 0 Å². The van der Waals surface area contributed by atoms with Crippen LogP contribution >= 0.6 is 0 Å². The Morgan fingerprint density at radius 1 is 1.07 bits per heavy atom. The molecule has 0 unspecified atom stereocenters. The number of benzene rings is 2. The Morgan fingerprint density at radius 3 is 2.52 bits per heavy atom. The summed E-state index contributed by atoms with van der Waals surface area (Å²) in [7, 11) is 0. The quantitative estimate of drug-likeness (QED) is 0.560. The standard InChI is InChI=1S/C22H21N3O4/c1-3-11-25-21(28)16-10-9-15(12-17(16)22(25)29)20(27)23-13-19(26)24-18-8-6-5-7-14(18)4-2/h3,5-10,12H,1,4,11,13H2,2H3,(H,23,27)(H,24,26). The summed E-state index contributed by atoms with van der Waals surface area (Å²) in [5.74, 6) is -1.74. The van der Waals surface area contributed by atoms with E-state index >= 15 is 0 Å². The lowest BCUT2D eigenvalue weighted by molar-refractivity contribution is -0.115. The number of nitrogens with one attached hydrogen (secondary N) is 2. The first-order valence-electron chi connectivity index (χ1n) is 9.23. The molecule has 0 spiro atoms. The summed E-state index contributed by atoms with van der Waals surface area (Å²) in [5.41, 5.74) is 2.33. The van der Waals surface area contributed by atoms with Crippen molar-refractivity contribution in [2.45, 2.75) is 13.3 Å². The first kappa shape index (κ1) is 20.0. The summed E-state index contributed by atoms with van der Waals surface area (Å²) in [6.07, 6.45) is 2.23. The van der Waals surface area contributed by atoms with Crippen LogP contribution in [0.15, 0.2) is 55.1 Å². The van der Waals surface area contributed by atoms with Gasteiger partial charge < -0.3 is 10.6 Å². The van der Waals surface area contributed by atoms with Gasteiger partial charge in [0.15, 0.2) is 0 Å². The molecule has 4 amide bonds. The number of imide groups is 1. The van der Waals surface area contributed by atoms with Gasteiger partial charge in [-0.1, -0.05) is 31.2 Å². The minimum atomic E-state index is -0.505. The molecule has 1 aliphatic heterocycles. The number of para-hydroxylation sites is 1. The van der Waals surface area contributed by atoms with Crippen LogP contribution in [-0.2, 0) is 11.2 Å². The number of anilines is 1. The van der Waals surface area contributed by atoms with Gasteiger partial charge in [-0.3, -0.25) is 24.1 Å². The van der Waals surface area contributed by atoms with Crippen molar-refractivity contribution in [1.29, 1.82) is 0 Å². The molecule has 2 aromatic rings. The van der Waals surface area contributed by atoms with Crippen molar-refractivity contribution in [3.8, 4) is 0 Å². The highest BCUT2D eigenvalue weighted by Gasteiger charge is 2.35. The predicted molar refractivity (Wildman–Crippen MR) is 109 cm³/mol. The summed E-state index contributed by atoms with van der Waals surface area (Å²) in [5, 5.41) is 5.31. The van der Waals surface area contributed by atoms with E-state index in [9.17, 15) is 19.2 Å². The Labute approximate surface area is 168 Å². The minimum Gasteiger partial charge on any atom is -0.343 e. The van der Waals surface area contributed by atoms with Crippen molar-refractivity contribution in [1.82, 2.24) is 10.2 Å². The molecule has 29 heavy (non-hydrogen) atoms. The first-order chi connectivity index (χ1) is 14.0. The highest BCUT2D eigenvalue weighted by atomic mass is 16.2. The van der Waals surface area contributed by atoms with E-state index in [2.05, 4.69) is 17.2 Å². The van der Waals surface area contributed by atoms with E-state index in [1.54, 1.807) is 6.07 Å². The maximum atomic E-state index is 12.4. The van der Waals surface area contributed by atoms with Gasteiger partial charge in [-0.2, -0.15) is 0 Å². The van der Waals surface area contributed by atoms with Crippen LogP contribution in [0.4, 0.5) is 5.69 Å². The lowest BCUT2D eigenvalue weighted by atomic mass is 10.1. The molecule has 0 saturated carbocycles. The molecular weight excluding hydrogens is 370 g/mol. The second kappa shape index (κ2) is 8.52. The summed E-state index contributed by atoms with van der Waals surface area (Å²) in [6.45, 7) is 5.41. The number of carbonyl (C=O) groups is 4. The Balaban J connectivity index is 1.65. The highest BCUT2D eigenvalue weighted by molar-refractivity contribution is 6.22. The second-order valence-corrected chi connectivity index (χ2v) is 6.51. The van der Waals surface area contributed by atoms with E-state index in [1.165, 1.54) is 24.3 Å². The fourth-order valence-electron chi connectivity index (χ4n) is 3.13. The van der Waals surface area contributed by atoms with E-state index in [4.69, 9.17) is 0 Å². The van der Waals surface area contributed by atoms with E-state index in [1.807, 2.05) is 25.1 Å². The van der Waals surface area contributed by atoms with E-state index < -0.39 is 17.7 Å². The topological polar surface area (TPSA) is 95.6 Å². The lowest BCUT2D eigenvalue weighted by Gasteiger charge is -2.10. The molecule has 7 heteroatoms. The maximum absolute atomic E-state index is 12.4. The summed E-state index contributed by atoms with van der Waals surface area (Å²) in [6, 6.07) is 11.7. The molecule has 7 nitrogen and oxygen atoms in total. The number of hydrogen-bond donors (Lipinski definition) is 2. The van der Waals surface area contributed by atoms with Crippen LogP contribution in [-0.4, -0.2) is 41.6 Å². The number of carbonyl (C=O) groups excluding carboxylic acids is 4. The molecule has 0 aliphatic carbocycles. The van der Waals surface area contributed by atoms with Crippen LogP contribution in [0.2, 0.25) is 0 Å². The van der Waals surface area contributed by atoms with Crippen LogP contribution in [0.3, 0.4) is 0 Å². The number of nitrogens with zero attached hydrogens (tertiary/aromatic N) is 1. The molecule has 0 bridgehead atoms. The van der Waals surface area contributed by atoms with Gasteiger partial charge in [-0.15, -0.1) is 6.58 Å². The lowest BCUT2D eigenvalue weighted by Crippen LogP contribution is -2.33. The second-order valence-electron chi connectivity index (χ2n) is 6.51. The Morgan fingerprint density at radius 2 is 1.79 bits per heavy atom. The van der Waals surface area contributed by atoms with Gasteiger partial charge in [0.25, 0.3) is 17.7 Å². The molecule has 2 aromatic carbocycles.